The van der Waals surface area contributed by atoms with E-state index in [9.17, 15) is 24.9 Å². The van der Waals surface area contributed by atoms with E-state index in [4.69, 9.17) is 4.74 Å². The summed E-state index contributed by atoms with van der Waals surface area (Å²) in [5.41, 5.74) is -2.27. The number of cyclic esters (lactones) is 1. The van der Waals surface area contributed by atoms with Crippen molar-refractivity contribution >= 4 is 11.8 Å². The van der Waals surface area contributed by atoms with Crippen LogP contribution in [0.15, 0.2) is 23.8 Å². The van der Waals surface area contributed by atoms with Crippen LogP contribution in [-0.2, 0) is 14.3 Å². The Morgan fingerprint density at radius 1 is 1.27 bits per heavy atom. The Labute approximate surface area is 130 Å². The van der Waals surface area contributed by atoms with Gasteiger partial charge in [-0.1, -0.05) is 18.2 Å². The van der Waals surface area contributed by atoms with E-state index >= 15 is 0 Å². The molecule has 6 nitrogen and oxygen atoms in total. The lowest BCUT2D eigenvalue weighted by molar-refractivity contribution is -0.172. The minimum atomic E-state index is -1.61. The molecule has 4 atom stereocenters. The maximum atomic E-state index is 11.8. The molecule has 1 aliphatic heterocycles. The lowest BCUT2D eigenvalue weighted by atomic mass is 9.77. The Hall–Kier alpha value is -1.50. The molecule has 22 heavy (non-hydrogen) atoms. The third kappa shape index (κ3) is 3.29. The summed E-state index contributed by atoms with van der Waals surface area (Å²) in [6.07, 6.45) is 0.0749. The van der Waals surface area contributed by atoms with Crippen LogP contribution < -0.4 is 0 Å². The number of ether oxygens (including phenoxy) is 1. The van der Waals surface area contributed by atoms with E-state index in [1.165, 1.54) is 45.9 Å². The van der Waals surface area contributed by atoms with Gasteiger partial charge >= 0.3 is 5.97 Å². The highest BCUT2D eigenvalue weighted by Gasteiger charge is 2.61. The number of carbonyl (C=O) groups is 2. The van der Waals surface area contributed by atoms with E-state index in [-0.39, 0.29) is 5.78 Å². The number of aliphatic hydroxyl groups excluding tert-OH is 3. The van der Waals surface area contributed by atoms with E-state index in [1.54, 1.807) is 6.92 Å². The van der Waals surface area contributed by atoms with Gasteiger partial charge in [-0.2, -0.15) is 0 Å². The number of hydrogen-bond acceptors (Lipinski definition) is 6. The van der Waals surface area contributed by atoms with Crippen molar-refractivity contribution in [3.8, 4) is 0 Å². The van der Waals surface area contributed by atoms with Gasteiger partial charge in [-0.3, -0.25) is 9.59 Å². The zero-order valence-corrected chi connectivity index (χ0v) is 13.5. The Morgan fingerprint density at radius 3 is 2.23 bits per heavy atom. The largest absolute Gasteiger partial charge is 0.453 e. The highest BCUT2D eigenvalue weighted by Crippen LogP contribution is 2.42. The van der Waals surface area contributed by atoms with E-state index in [0.717, 1.165) is 0 Å². The minimum absolute atomic E-state index is 0.103. The average Bonchev–Trinajstić information content (AvgIpc) is 2.59. The fraction of sp³-hybridized carbons (Fsp3) is 0.625. The summed E-state index contributed by atoms with van der Waals surface area (Å²) in [6, 6.07) is 0. The second kappa shape index (κ2) is 6.32. The van der Waals surface area contributed by atoms with Crippen molar-refractivity contribution in [3.05, 3.63) is 23.8 Å². The maximum absolute atomic E-state index is 11.8. The van der Waals surface area contributed by atoms with Gasteiger partial charge in [-0.05, 0) is 40.2 Å². The summed E-state index contributed by atoms with van der Waals surface area (Å²) in [7, 11) is 0. The molecule has 0 bridgehead atoms. The van der Waals surface area contributed by atoms with Crippen LogP contribution in [0.4, 0.5) is 0 Å². The summed E-state index contributed by atoms with van der Waals surface area (Å²) in [5, 5.41) is 30.5. The molecule has 0 amide bonds. The minimum Gasteiger partial charge on any atom is -0.453 e. The fourth-order valence-electron chi connectivity index (χ4n) is 2.31. The molecule has 6 heteroatoms. The Bertz CT molecular complexity index is 519. The van der Waals surface area contributed by atoms with Crippen LogP contribution in [0.2, 0.25) is 0 Å². The number of rotatable bonds is 5. The van der Waals surface area contributed by atoms with Crippen molar-refractivity contribution in [1.29, 1.82) is 0 Å². The van der Waals surface area contributed by atoms with Gasteiger partial charge in [-0.15, -0.1) is 0 Å². The normalized spacial score (nSPS) is 31.2. The first-order chi connectivity index (χ1) is 9.94. The van der Waals surface area contributed by atoms with E-state index in [1.807, 2.05) is 0 Å². The fourth-order valence-corrected chi connectivity index (χ4v) is 2.31. The second-order valence-corrected chi connectivity index (χ2v) is 6.42. The smallest absolute Gasteiger partial charge is 0.315 e. The summed E-state index contributed by atoms with van der Waals surface area (Å²) >= 11 is 0. The summed E-state index contributed by atoms with van der Waals surface area (Å²) in [6.45, 7) is 7.45. The lowest BCUT2D eigenvalue weighted by Crippen LogP contribution is -2.54. The standard InChI is InChI=1S/C16H24O6/c1-9(10(2)17)7-6-8-11(18)12(19)16(5)13(20)15(3,4)14(21)22-16/h6-8,11-13,18-20H,1-5H3/t11?,12?,13-,16+/m1/s1. The molecule has 0 saturated carbocycles. The number of ketones is 1. The zero-order chi connectivity index (χ0) is 17.3. The van der Waals surface area contributed by atoms with Gasteiger partial charge in [0.25, 0.3) is 0 Å². The number of hydrogen-bond donors (Lipinski definition) is 3. The first kappa shape index (κ1) is 18.5. The van der Waals surface area contributed by atoms with Gasteiger partial charge in [0.2, 0.25) is 0 Å². The Morgan fingerprint density at radius 2 is 1.82 bits per heavy atom. The molecule has 2 unspecified atom stereocenters. The second-order valence-electron chi connectivity index (χ2n) is 6.42. The molecule has 1 fully saturated rings. The predicted molar refractivity (Wildman–Crippen MR) is 79.9 cm³/mol. The number of Topliss-reactive ketones (excluding diaryl/α,β-unsaturated/α-hetero) is 1. The molecule has 0 aromatic rings. The van der Waals surface area contributed by atoms with Gasteiger partial charge < -0.3 is 20.1 Å². The number of aliphatic hydroxyl groups is 3. The highest BCUT2D eigenvalue weighted by molar-refractivity contribution is 5.92. The number of carbonyl (C=O) groups excluding carboxylic acids is 2. The molecule has 0 radical (unpaired) electrons. The molecule has 0 aliphatic carbocycles. The van der Waals surface area contributed by atoms with Gasteiger partial charge in [0.05, 0.1) is 5.41 Å². The molecular formula is C16H24O6. The third-order valence-corrected chi connectivity index (χ3v) is 4.19. The molecular weight excluding hydrogens is 288 g/mol. The van der Waals surface area contributed by atoms with E-state index in [2.05, 4.69) is 0 Å². The van der Waals surface area contributed by atoms with E-state index < -0.39 is 35.3 Å². The van der Waals surface area contributed by atoms with Gasteiger partial charge in [0.1, 0.15) is 18.3 Å². The SMILES string of the molecule is CC(=O)C(C)=CC=CC(O)C(O)[C@]1(C)OC(=O)C(C)(C)[C@H]1O. The van der Waals surface area contributed by atoms with Crippen molar-refractivity contribution in [2.24, 2.45) is 5.41 Å². The van der Waals surface area contributed by atoms with Crippen molar-refractivity contribution in [2.75, 3.05) is 0 Å². The monoisotopic (exact) mass is 312 g/mol. The Kier molecular flexibility index (Phi) is 5.33. The maximum Gasteiger partial charge on any atom is 0.315 e. The van der Waals surface area contributed by atoms with Crippen LogP contribution in [0, 0.1) is 5.41 Å². The van der Waals surface area contributed by atoms with Crippen LogP contribution in [-0.4, -0.2) is 51.0 Å². The Balaban J connectivity index is 2.90. The lowest BCUT2D eigenvalue weighted by Gasteiger charge is -2.35. The molecule has 0 aromatic heterocycles. The summed E-state index contributed by atoms with van der Waals surface area (Å²) < 4.78 is 5.12. The van der Waals surface area contributed by atoms with Crippen LogP contribution in [0.5, 0.6) is 0 Å². The van der Waals surface area contributed by atoms with Gasteiger partial charge in [-0.25, -0.2) is 0 Å². The molecule has 3 N–H and O–H groups in total. The predicted octanol–water partition coefficient (Wildman–Crippen LogP) is 0.502. The van der Waals surface area contributed by atoms with Crippen molar-refractivity contribution in [3.63, 3.8) is 0 Å². The van der Waals surface area contributed by atoms with Crippen LogP contribution in [0.1, 0.15) is 34.6 Å². The number of esters is 1. The van der Waals surface area contributed by atoms with Gasteiger partial charge in [0, 0.05) is 0 Å². The van der Waals surface area contributed by atoms with Gasteiger partial charge in [0.15, 0.2) is 11.4 Å². The molecule has 1 saturated heterocycles. The molecule has 124 valence electrons. The zero-order valence-electron chi connectivity index (χ0n) is 13.5. The third-order valence-electron chi connectivity index (χ3n) is 4.19. The first-order valence-corrected chi connectivity index (χ1v) is 7.08. The topological polar surface area (TPSA) is 104 Å². The van der Waals surface area contributed by atoms with Crippen LogP contribution in [0.3, 0.4) is 0 Å². The summed E-state index contributed by atoms with van der Waals surface area (Å²) in [5.74, 6) is -0.737. The number of allylic oxidation sites excluding steroid dienone is 3. The molecule has 1 aliphatic rings. The van der Waals surface area contributed by atoms with Crippen LogP contribution in [0.25, 0.3) is 0 Å². The average molecular weight is 312 g/mol. The first-order valence-electron chi connectivity index (χ1n) is 7.08. The van der Waals surface area contributed by atoms with Crippen LogP contribution >= 0.6 is 0 Å². The molecule has 0 spiro atoms. The highest BCUT2D eigenvalue weighted by atomic mass is 16.6. The molecule has 1 rings (SSSR count). The summed E-state index contributed by atoms with van der Waals surface area (Å²) in [4.78, 5) is 22.8. The van der Waals surface area contributed by atoms with Crippen molar-refractivity contribution in [1.82, 2.24) is 0 Å². The van der Waals surface area contributed by atoms with Crippen molar-refractivity contribution < 1.29 is 29.6 Å². The molecule has 1 heterocycles. The quantitative estimate of drug-likeness (QED) is 0.388. The molecule has 0 aromatic carbocycles. The van der Waals surface area contributed by atoms with E-state index in [0.29, 0.717) is 5.57 Å². The van der Waals surface area contributed by atoms with Crippen molar-refractivity contribution in [2.45, 2.75) is 58.5 Å².